The molecule has 2 atom stereocenters. The number of hydrogen-bond donors (Lipinski definition) is 2. The van der Waals surface area contributed by atoms with Crippen molar-refractivity contribution in [3.63, 3.8) is 0 Å². The van der Waals surface area contributed by atoms with Crippen LogP contribution in [0, 0.1) is 24.7 Å². The van der Waals surface area contributed by atoms with Gasteiger partial charge in [-0.2, -0.15) is 0 Å². The molecule has 3 nitrogen and oxygen atoms in total. The van der Waals surface area contributed by atoms with Crippen LogP contribution in [0.15, 0.2) is 0 Å². The van der Waals surface area contributed by atoms with Gasteiger partial charge in [0.25, 0.3) is 0 Å². The van der Waals surface area contributed by atoms with Crippen LogP contribution in [-0.2, 0) is 4.74 Å². The molecule has 0 aromatic rings. The molecule has 0 heterocycles. The SMILES string of the molecule is C#CC(CCO)OC(C#C)CCO. The molecule has 2 N–H and O–H groups in total. The van der Waals surface area contributed by atoms with Gasteiger partial charge in [0.15, 0.2) is 0 Å². The van der Waals surface area contributed by atoms with Crippen LogP contribution < -0.4 is 0 Å². The van der Waals surface area contributed by atoms with E-state index >= 15 is 0 Å². The molecule has 3 heteroatoms. The van der Waals surface area contributed by atoms with Crippen molar-refractivity contribution in [3.8, 4) is 24.7 Å². The van der Waals surface area contributed by atoms with Gasteiger partial charge in [-0.1, -0.05) is 11.8 Å². The monoisotopic (exact) mass is 182 g/mol. The van der Waals surface area contributed by atoms with Gasteiger partial charge in [-0.15, -0.1) is 12.8 Å². The van der Waals surface area contributed by atoms with E-state index in [1.807, 2.05) is 0 Å². The van der Waals surface area contributed by atoms with Gasteiger partial charge < -0.3 is 14.9 Å². The molecule has 0 amide bonds. The Morgan fingerprint density at radius 3 is 1.62 bits per heavy atom. The van der Waals surface area contributed by atoms with Gasteiger partial charge in [0, 0.05) is 26.1 Å². The van der Waals surface area contributed by atoms with E-state index in [1.165, 1.54) is 0 Å². The summed E-state index contributed by atoms with van der Waals surface area (Å²) in [6, 6.07) is 0. The molecule has 72 valence electrons. The fourth-order valence-corrected chi connectivity index (χ4v) is 0.814. The Bertz CT molecular complexity index is 177. The molecule has 0 fully saturated rings. The van der Waals surface area contributed by atoms with E-state index in [-0.39, 0.29) is 13.2 Å². The van der Waals surface area contributed by atoms with Gasteiger partial charge in [0.05, 0.1) is 0 Å². The predicted molar refractivity (Wildman–Crippen MR) is 49.7 cm³/mol. The standard InChI is InChI=1S/C10H14O3/c1-3-9(5-7-11)13-10(4-2)6-8-12/h1-2,9-12H,5-8H2. The summed E-state index contributed by atoms with van der Waals surface area (Å²) in [4.78, 5) is 0. The van der Waals surface area contributed by atoms with Gasteiger partial charge >= 0.3 is 0 Å². The quantitative estimate of drug-likeness (QED) is 0.558. The number of aliphatic hydroxyl groups excluding tert-OH is 2. The van der Waals surface area contributed by atoms with E-state index in [0.29, 0.717) is 12.8 Å². The molecule has 0 aliphatic rings. The molecule has 0 saturated carbocycles. The molecule has 13 heavy (non-hydrogen) atoms. The van der Waals surface area contributed by atoms with Crippen molar-refractivity contribution in [2.45, 2.75) is 25.0 Å². The second kappa shape index (κ2) is 7.64. The van der Waals surface area contributed by atoms with Crippen molar-refractivity contribution in [3.05, 3.63) is 0 Å². The minimum atomic E-state index is -0.474. The Kier molecular flexibility index (Phi) is 7.05. The summed E-state index contributed by atoms with van der Waals surface area (Å²) < 4.78 is 5.24. The Balaban J connectivity index is 3.91. The summed E-state index contributed by atoms with van der Waals surface area (Å²) in [5.41, 5.74) is 0. The fourth-order valence-electron chi connectivity index (χ4n) is 0.814. The van der Waals surface area contributed by atoms with E-state index in [1.54, 1.807) is 0 Å². The summed E-state index contributed by atoms with van der Waals surface area (Å²) in [6.45, 7) is -0.0729. The maximum absolute atomic E-state index is 8.61. The molecular weight excluding hydrogens is 168 g/mol. The van der Waals surface area contributed by atoms with E-state index in [9.17, 15) is 0 Å². The smallest absolute Gasteiger partial charge is 0.121 e. The van der Waals surface area contributed by atoms with Crippen molar-refractivity contribution in [2.24, 2.45) is 0 Å². The molecule has 0 aliphatic heterocycles. The molecule has 0 aliphatic carbocycles. The zero-order chi connectivity index (χ0) is 10.1. The van der Waals surface area contributed by atoms with Crippen LogP contribution >= 0.6 is 0 Å². The number of hydrogen-bond acceptors (Lipinski definition) is 3. The Morgan fingerprint density at radius 2 is 1.38 bits per heavy atom. The molecule has 0 rings (SSSR count). The maximum atomic E-state index is 8.61. The van der Waals surface area contributed by atoms with Gasteiger partial charge in [0.1, 0.15) is 12.2 Å². The topological polar surface area (TPSA) is 49.7 Å². The average Bonchev–Trinajstić information content (AvgIpc) is 2.16. The first kappa shape index (κ1) is 12.0. The van der Waals surface area contributed by atoms with E-state index in [4.69, 9.17) is 27.8 Å². The molecule has 0 aromatic heterocycles. The van der Waals surface area contributed by atoms with E-state index < -0.39 is 12.2 Å². The lowest BCUT2D eigenvalue weighted by Gasteiger charge is -2.15. The molecule has 0 radical (unpaired) electrons. The Labute approximate surface area is 78.7 Å². The molecule has 0 bridgehead atoms. The highest BCUT2D eigenvalue weighted by molar-refractivity contribution is 5.00. The minimum absolute atomic E-state index is 0.0364. The first-order chi connectivity index (χ1) is 6.28. The number of ether oxygens (including phenoxy) is 1. The highest BCUT2D eigenvalue weighted by Gasteiger charge is 2.11. The molecule has 0 spiro atoms. The second-order valence-electron chi connectivity index (χ2n) is 2.47. The first-order valence-corrected chi connectivity index (χ1v) is 4.08. The maximum Gasteiger partial charge on any atom is 0.121 e. The average molecular weight is 182 g/mol. The molecule has 0 saturated heterocycles. The normalized spacial score (nSPS) is 14.2. The van der Waals surface area contributed by atoms with Crippen molar-refractivity contribution in [1.29, 1.82) is 0 Å². The minimum Gasteiger partial charge on any atom is -0.396 e. The van der Waals surface area contributed by atoms with Crippen LogP contribution in [0.25, 0.3) is 0 Å². The second-order valence-corrected chi connectivity index (χ2v) is 2.47. The first-order valence-electron chi connectivity index (χ1n) is 4.08. The third kappa shape index (κ3) is 5.27. The molecule has 2 unspecified atom stereocenters. The lowest BCUT2D eigenvalue weighted by Crippen LogP contribution is -2.21. The summed E-state index contributed by atoms with van der Waals surface area (Å²) in [5.74, 6) is 4.73. The zero-order valence-electron chi connectivity index (χ0n) is 7.44. The van der Waals surface area contributed by atoms with Crippen LogP contribution in [0.4, 0.5) is 0 Å². The predicted octanol–water partition coefficient (Wildman–Crippen LogP) is -0.229. The summed E-state index contributed by atoms with van der Waals surface area (Å²) in [7, 11) is 0. The third-order valence-corrected chi connectivity index (χ3v) is 1.48. The third-order valence-electron chi connectivity index (χ3n) is 1.48. The van der Waals surface area contributed by atoms with Crippen LogP contribution in [0.5, 0.6) is 0 Å². The van der Waals surface area contributed by atoms with E-state index in [0.717, 1.165) is 0 Å². The van der Waals surface area contributed by atoms with Gasteiger partial charge in [-0.05, 0) is 0 Å². The number of rotatable bonds is 6. The lowest BCUT2D eigenvalue weighted by atomic mass is 10.2. The van der Waals surface area contributed by atoms with Crippen molar-refractivity contribution in [2.75, 3.05) is 13.2 Å². The van der Waals surface area contributed by atoms with E-state index in [2.05, 4.69) is 11.8 Å². The molecule has 0 aromatic carbocycles. The van der Waals surface area contributed by atoms with Crippen LogP contribution in [0.3, 0.4) is 0 Å². The largest absolute Gasteiger partial charge is 0.396 e. The van der Waals surface area contributed by atoms with Crippen LogP contribution in [-0.4, -0.2) is 35.6 Å². The van der Waals surface area contributed by atoms with Gasteiger partial charge in [-0.3, -0.25) is 0 Å². The fraction of sp³-hybridized carbons (Fsp3) is 0.600. The van der Waals surface area contributed by atoms with Crippen LogP contribution in [0.1, 0.15) is 12.8 Å². The van der Waals surface area contributed by atoms with Crippen molar-refractivity contribution >= 4 is 0 Å². The van der Waals surface area contributed by atoms with Gasteiger partial charge in [-0.25, -0.2) is 0 Å². The zero-order valence-corrected chi connectivity index (χ0v) is 7.44. The van der Waals surface area contributed by atoms with Crippen molar-refractivity contribution < 1.29 is 14.9 Å². The van der Waals surface area contributed by atoms with Crippen molar-refractivity contribution in [1.82, 2.24) is 0 Å². The number of terminal acetylenes is 2. The summed E-state index contributed by atoms with van der Waals surface area (Å²) in [6.07, 6.45) is 10.1. The lowest BCUT2D eigenvalue weighted by molar-refractivity contribution is 0.0259. The van der Waals surface area contributed by atoms with Gasteiger partial charge in [0.2, 0.25) is 0 Å². The summed E-state index contributed by atoms with van der Waals surface area (Å²) >= 11 is 0. The summed E-state index contributed by atoms with van der Waals surface area (Å²) in [5, 5.41) is 17.2. The Morgan fingerprint density at radius 1 is 1.00 bits per heavy atom. The highest BCUT2D eigenvalue weighted by atomic mass is 16.5. The Hall–Kier alpha value is -1.00. The highest BCUT2D eigenvalue weighted by Crippen LogP contribution is 2.04. The number of aliphatic hydroxyl groups is 2. The molecular formula is C10H14O3. The van der Waals surface area contributed by atoms with Crippen LogP contribution in [0.2, 0.25) is 0 Å².